The second-order valence-corrected chi connectivity index (χ2v) is 3.42. The normalized spacial score (nSPS) is 12.5. The Kier molecular flexibility index (Phi) is 4.40. The van der Waals surface area contributed by atoms with Crippen LogP contribution in [0.4, 0.5) is 10.1 Å². The summed E-state index contributed by atoms with van der Waals surface area (Å²) in [4.78, 5) is 0. The molecule has 0 aliphatic heterocycles. The van der Waals surface area contributed by atoms with Crippen molar-refractivity contribution in [3.63, 3.8) is 0 Å². The van der Waals surface area contributed by atoms with E-state index in [2.05, 4.69) is 5.32 Å². The number of benzene rings is 1. The summed E-state index contributed by atoms with van der Waals surface area (Å²) >= 11 is 0. The first kappa shape index (κ1) is 11.0. The lowest BCUT2D eigenvalue weighted by atomic mass is 10.2. The van der Waals surface area contributed by atoms with Crippen LogP contribution >= 0.6 is 0 Å². The molecule has 0 spiro atoms. The van der Waals surface area contributed by atoms with Gasteiger partial charge in [0.25, 0.3) is 0 Å². The SMILES string of the molecule is C[C@@H](CCCO)Nc1cccc(F)c1. The quantitative estimate of drug-likeness (QED) is 0.759. The van der Waals surface area contributed by atoms with Crippen molar-refractivity contribution < 1.29 is 9.50 Å². The number of rotatable bonds is 5. The van der Waals surface area contributed by atoms with Gasteiger partial charge in [-0.2, -0.15) is 0 Å². The van der Waals surface area contributed by atoms with E-state index >= 15 is 0 Å². The van der Waals surface area contributed by atoms with Crippen molar-refractivity contribution in [1.82, 2.24) is 0 Å². The maximum Gasteiger partial charge on any atom is 0.125 e. The number of aliphatic hydroxyl groups excluding tert-OH is 1. The number of nitrogens with one attached hydrogen (secondary N) is 1. The summed E-state index contributed by atoms with van der Waals surface area (Å²) < 4.78 is 12.8. The predicted octanol–water partition coefficient (Wildman–Crippen LogP) is 2.40. The number of hydrogen-bond acceptors (Lipinski definition) is 2. The highest BCUT2D eigenvalue weighted by Gasteiger charge is 2.01. The van der Waals surface area contributed by atoms with Crippen LogP contribution in [0.5, 0.6) is 0 Å². The van der Waals surface area contributed by atoms with Crippen LogP contribution in [0.3, 0.4) is 0 Å². The van der Waals surface area contributed by atoms with Crippen molar-refractivity contribution in [2.24, 2.45) is 0 Å². The van der Waals surface area contributed by atoms with Gasteiger partial charge >= 0.3 is 0 Å². The average molecular weight is 197 g/mol. The van der Waals surface area contributed by atoms with E-state index in [1.54, 1.807) is 6.07 Å². The number of halogens is 1. The van der Waals surface area contributed by atoms with Crippen LogP contribution in [0.1, 0.15) is 19.8 Å². The Bertz CT molecular complexity index is 278. The van der Waals surface area contributed by atoms with Crippen molar-refractivity contribution in [3.8, 4) is 0 Å². The Balaban J connectivity index is 2.43. The molecule has 2 N–H and O–H groups in total. The van der Waals surface area contributed by atoms with E-state index in [0.29, 0.717) is 0 Å². The van der Waals surface area contributed by atoms with Crippen molar-refractivity contribution >= 4 is 5.69 Å². The third-order valence-corrected chi connectivity index (χ3v) is 2.03. The molecule has 1 aromatic carbocycles. The number of aliphatic hydroxyl groups is 1. The molecule has 0 bridgehead atoms. The first-order valence-corrected chi connectivity index (χ1v) is 4.85. The number of anilines is 1. The third-order valence-electron chi connectivity index (χ3n) is 2.03. The van der Waals surface area contributed by atoms with Gasteiger partial charge in [0.15, 0.2) is 0 Å². The monoisotopic (exact) mass is 197 g/mol. The van der Waals surface area contributed by atoms with Gasteiger partial charge in [-0.15, -0.1) is 0 Å². The van der Waals surface area contributed by atoms with Crippen LogP contribution < -0.4 is 5.32 Å². The van der Waals surface area contributed by atoms with Crippen LogP contribution in [0.2, 0.25) is 0 Å². The molecule has 0 aromatic heterocycles. The zero-order valence-corrected chi connectivity index (χ0v) is 8.33. The fourth-order valence-electron chi connectivity index (χ4n) is 1.33. The maximum atomic E-state index is 12.8. The van der Waals surface area contributed by atoms with Crippen molar-refractivity contribution in [2.45, 2.75) is 25.8 Å². The Morgan fingerprint density at radius 1 is 1.50 bits per heavy atom. The summed E-state index contributed by atoms with van der Waals surface area (Å²) in [7, 11) is 0. The largest absolute Gasteiger partial charge is 0.396 e. The Morgan fingerprint density at radius 3 is 2.93 bits per heavy atom. The molecule has 0 unspecified atom stereocenters. The summed E-state index contributed by atoms with van der Waals surface area (Å²) in [5.74, 6) is -0.232. The molecule has 0 radical (unpaired) electrons. The zero-order chi connectivity index (χ0) is 10.4. The van der Waals surface area contributed by atoms with Crippen LogP contribution in [0.25, 0.3) is 0 Å². The molecule has 0 fully saturated rings. The fraction of sp³-hybridized carbons (Fsp3) is 0.455. The zero-order valence-electron chi connectivity index (χ0n) is 8.33. The lowest BCUT2D eigenvalue weighted by Gasteiger charge is -2.14. The first-order valence-electron chi connectivity index (χ1n) is 4.85. The topological polar surface area (TPSA) is 32.3 Å². The van der Waals surface area contributed by atoms with E-state index in [1.807, 2.05) is 13.0 Å². The molecule has 3 heteroatoms. The smallest absolute Gasteiger partial charge is 0.125 e. The maximum absolute atomic E-state index is 12.8. The average Bonchev–Trinajstić information content (AvgIpc) is 2.15. The van der Waals surface area contributed by atoms with Crippen LogP contribution in [0.15, 0.2) is 24.3 Å². The van der Waals surface area contributed by atoms with Gasteiger partial charge in [-0.05, 0) is 38.0 Å². The molecule has 0 saturated heterocycles. The van der Waals surface area contributed by atoms with Crippen LogP contribution in [0, 0.1) is 5.82 Å². The molecule has 0 aliphatic carbocycles. The van der Waals surface area contributed by atoms with Crippen molar-refractivity contribution in [3.05, 3.63) is 30.1 Å². The molecule has 78 valence electrons. The standard InChI is InChI=1S/C11H16FNO/c1-9(4-3-7-14)13-11-6-2-5-10(12)8-11/h2,5-6,8-9,13-14H,3-4,7H2,1H3/t9-/m0/s1. The van der Waals surface area contributed by atoms with Crippen molar-refractivity contribution in [1.29, 1.82) is 0 Å². The van der Waals surface area contributed by atoms with E-state index in [4.69, 9.17) is 5.11 Å². The molecule has 2 nitrogen and oxygen atoms in total. The molecular formula is C11H16FNO. The van der Waals surface area contributed by atoms with E-state index < -0.39 is 0 Å². The van der Waals surface area contributed by atoms with E-state index in [1.165, 1.54) is 12.1 Å². The minimum atomic E-state index is -0.232. The Morgan fingerprint density at radius 2 is 2.29 bits per heavy atom. The first-order chi connectivity index (χ1) is 6.72. The molecule has 0 aliphatic rings. The minimum Gasteiger partial charge on any atom is -0.396 e. The molecule has 0 heterocycles. The van der Waals surface area contributed by atoms with E-state index in [9.17, 15) is 4.39 Å². The summed E-state index contributed by atoms with van der Waals surface area (Å²) in [5, 5.41) is 11.8. The Hall–Kier alpha value is -1.09. The van der Waals surface area contributed by atoms with Gasteiger partial charge in [0.1, 0.15) is 5.82 Å². The molecule has 0 amide bonds. The second-order valence-electron chi connectivity index (χ2n) is 3.42. The van der Waals surface area contributed by atoms with Gasteiger partial charge < -0.3 is 10.4 Å². The van der Waals surface area contributed by atoms with Gasteiger partial charge in [0.05, 0.1) is 0 Å². The van der Waals surface area contributed by atoms with Gasteiger partial charge in [-0.3, -0.25) is 0 Å². The van der Waals surface area contributed by atoms with E-state index in [0.717, 1.165) is 18.5 Å². The lowest BCUT2D eigenvalue weighted by Crippen LogP contribution is -2.15. The van der Waals surface area contributed by atoms with Gasteiger partial charge in [0, 0.05) is 18.3 Å². The predicted molar refractivity (Wildman–Crippen MR) is 55.8 cm³/mol. The van der Waals surface area contributed by atoms with Crippen LogP contribution in [-0.2, 0) is 0 Å². The summed E-state index contributed by atoms with van der Waals surface area (Å²) in [6.07, 6.45) is 1.65. The summed E-state index contributed by atoms with van der Waals surface area (Å²) in [5.41, 5.74) is 0.787. The fourth-order valence-corrected chi connectivity index (χ4v) is 1.33. The van der Waals surface area contributed by atoms with Gasteiger partial charge in [-0.1, -0.05) is 6.07 Å². The highest BCUT2D eigenvalue weighted by Crippen LogP contribution is 2.11. The second kappa shape index (κ2) is 5.60. The summed E-state index contributed by atoms with van der Waals surface area (Å²) in [6.45, 7) is 2.22. The summed E-state index contributed by atoms with van der Waals surface area (Å²) in [6, 6.07) is 6.65. The van der Waals surface area contributed by atoms with Gasteiger partial charge in [0.2, 0.25) is 0 Å². The van der Waals surface area contributed by atoms with Crippen LogP contribution in [-0.4, -0.2) is 17.8 Å². The molecule has 1 rings (SSSR count). The highest BCUT2D eigenvalue weighted by molar-refractivity contribution is 5.43. The molecule has 1 atom stereocenters. The lowest BCUT2D eigenvalue weighted by molar-refractivity contribution is 0.282. The Labute approximate surface area is 83.8 Å². The van der Waals surface area contributed by atoms with Crippen molar-refractivity contribution in [2.75, 3.05) is 11.9 Å². The minimum absolute atomic E-state index is 0.204. The highest BCUT2D eigenvalue weighted by atomic mass is 19.1. The van der Waals surface area contributed by atoms with Gasteiger partial charge in [-0.25, -0.2) is 4.39 Å². The third kappa shape index (κ3) is 3.75. The molecular weight excluding hydrogens is 181 g/mol. The molecule has 1 aromatic rings. The van der Waals surface area contributed by atoms with E-state index in [-0.39, 0.29) is 18.5 Å². The molecule has 0 saturated carbocycles. The molecule has 14 heavy (non-hydrogen) atoms. The number of hydrogen-bond donors (Lipinski definition) is 2.